The summed E-state index contributed by atoms with van der Waals surface area (Å²) in [5, 5.41) is 0. The van der Waals surface area contributed by atoms with Crippen molar-refractivity contribution in [1.82, 2.24) is 4.98 Å². The molecule has 4 heteroatoms. The third-order valence-corrected chi connectivity index (χ3v) is 2.87. The average molecular weight is 270 g/mol. The van der Waals surface area contributed by atoms with Gasteiger partial charge in [0.05, 0.1) is 14.2 Å². The van der Waals surface area contributed by atoms with Gasteiger partial charge < -0.3 is 9.47 Å². The lowest BCUT2D eigenvalue weighted by atomic mass is 10.2. The Balaban J connectivity index is 1.94. The molecule has 0 unspecified atom stereocenters. The van der Waals surface area contributed by atoms with E-state index in [1.54, 1.807) is 20.4 Å². The topological polar surface area (TPSA) is 43.7 Å². The van der Waals surface area contributed by atoms with Gasteiger partial charge >= 0.3 is 0 Å². The molecule has 0 bridgehead atoms. The fourth-order valence-electron chi connectivity index (χ4n) is 1.83. The summed E-state index contributed by atoms with van der Waals surface area (Å²) in [6.07, 6.45) is 4.48. The normalized spacial score (nSPS) is 10.7. The van der Waals surface area contributed by atoms with Crippen LogP contribution in [0.2, 0.25) is 0 Å². The van der Waals surface area contributed by atoms with Gasteiger partial charge in [-0.15, -0.1) is 0 Å². The Labute approximate surface area is 119 Å². The van der Waals surface area contributed by atoms with Crippen molar-refractivity contribution >= 4 is 6.21 Å². The molecule has 20 heavy (non-hydrogen) atoms. The second kappa shape index (κ2) is 7.28. The van der Waals surface area contributed by atoms with E-state index in [1.807, 2.05) is 42.6 Å². The molecule has 0 atom stereocenters. The van der Waals surface area contributed by atoms with Gasteiger partial charge in [-0.3, -0.25) is 9.98 Å². The second-order valence-corrected chi connectivity index (χ2v) is 4.22. The molecule has 0 spiro atoms. The first-order valence-electron chi connectivity index (χ1n) is 6.45. The van der Waals surface area contributed by atoms with E-state index in [4.69, 9.17) is 9.47 Å². The SMILES string of the molecule is COc1ccc(C=NCCc2ccccn2)cc1OC. The minimum Gasteiger partial charge on any atom is -0.493 e. The summed E-state index contributed by atoms with van der Waals surface area (Å²) in [5.41, 5.74) is 2.04. The molecule has 104 valence electrons. The van der Waals surface area contributed by atoms with Crippen molar-refractivity contribution < 1.29 is 9.47 Å². The zero-order valence-corrected chi connectivity index (χ0v) is 11.7. The largest absolute Gasteiger partial charge is 0.493 e. The molecule has 2 aromatic rings. The van der Waals surface area contributed by atoms with Crippen LogP contribution in [-0.4, -0.2) is 32.0 Å². The maximum atomic E-state index is 5.26. The van der Waals surface area contributed by atoms with Crippen molar-refractivity contribution in [2.45, 2.75) is 6.42 Å². The van der Waals surface area contributed by atoms with E-state index in [1.165, 1.54) is 0 Å². The Hall–Kier alpha value is -2.36. The van der Waals surface area contributed by atoms with Gasteiger partial charge in [0.15, 0.2) is 11.5 Å². The van der Waals surface area contributed by atoms with Gasteiger partial charge in [-0.2, -0.15) is 0 Å². The predicted octanol–water partition coefficient (Wildman–Crippen LogP) is 2.76. The van der Waals surface area contributed by atoms with Crippen LogP contribution in [-0.2, 0) is 6.42 Å². The first-order chi connectivity index (χ1) is 9.83. The van der Waals surface area contributed by atoms with Gasteiger partial charge in [0, 0.05) is 31.1 Å². The first kappa shape index (κ1) is 14.1. The quantitative estimate of drug-likeness (QED) is 0.758. The summed E-state index contributed by atoms with van der Waals surface area (Å²) in [5.74, 6) is 1.43. The molecular formula is C16H18N2O2. The van der Waals surface area contributed by atoms with Crippen LogP contribution >= 0.6 is 0 Å². The molecule has 1 aromatic carbocycles. The van der Waals surface area contributed by atoms with E-state index in [0.29, 0.717) is 12.3 Å². The number of methoxy groups -OCH3 is 2. The monoisotopic (exact) mass is 270 g/mol. The van der Waals surface area contributed by atoms with Crippen molar-refractivity contribution in [2.24, 2.45) is 4.99 Å². The third-order valence-electron chi connectivity index (χ3n) is 2.87. The molecule has 0 saturated heterocycles. The molecule has 2 rings (SSSR count). The van der Waals surface area contributed by atoms with Gasteiger partial charge in [-0.05, 0) is 35.9 Å². The van der Waals surface area contributed by atoms with Crippen molar-refractivity contribution in [2.75, 3.05) is 20.8 Å². The molecule has 4 nitrogen and oxygen atoms in total. The van der Waals surface area contributed by atoms with Crippen LogP contribution in [0.1, 0.15) is 11.3 Å². The summed E-state index contributed by atoms with van der Waals surface area (Å²) in [7, 11) is 3.25. The van der Waals surface area contributed by atoms with Crippen LogP contribution in [0.15, 0.2) is 47.6 Å². The molecular weight excluding hydrogens is 252 g/mol. The number of benzene rings is 1. The van der Waals surface area contributed by atoms with Crippen molar-refractivity contribution in [3.05, 3.63) is 53.9 Å². The predicted molar refractivity (Wildman–Crippen MR) is 79.9 cm³/mol. The van der Waals surface area contributed by atoms with Crippen molar-refractivity contribution in [3.63, 3.8) is 0 Å². The molecule has 1 heterocycles. The Bertz CT molecular complexity index is 568. The van der Waals surface area contributed by atoms with Crippen molar-refractivity contribution in [3.8, 4) is 11.5 Å². The van der Waals surface area contributed by atoms with Gasteiger partial charge in [-0.1, -0.05) is 6.07 Å². The fraction of sp³-hybridized carbons (Fsp3) is 0.250. The number of ether oxygens (including phenoxy) is 2. The molecule has 0 fully saturated rings. The highest BCUT2D eigenvalue weighted by Gasteiger charge is 2.02. The summed E-state index contributed by atoms with van der Waals surface area (Å²) in [6.45, 7) is 0.714. The summed E-state index contributed by atoms with van der Waals surface area (Å²) < 4.78 is 10.5. The standard InChI is InChI=1S/C16H18N2O2/c1-19-15-7-6-13(11-16(15)20-2)12-17-10-8-14-5-3-4-9-18-14/h3-7,9,11-12H,8,10H2,1-2H3. The zero-order chi connectivity index (χ0) is 14.2. The van der Waals surface area contributed by atoms with Gasteiger partial charge in [0.25, 0.3) is 0 Å². The number of aliphatic imine (C=N–C) groups is 1. The minimum atomic E-state index is 0.709. The van der Waals surface area contributed by atoms with E-state index >= 15 is 0 Å². The minimum absolute atomic E-state index is 0.709. The van der Waals surface area contributed by atoms with E-state index in [0.717, 1.165) is 23.4 Å². The Kier molecular flexibility index (Phi) is 5.12. The van der Waals surface area contributed by atoms with Gasteiger partial charge in [-0.25, -0.2) is 0 Å². The first-order valence-corrected chi connectivity index (χ1v) is 6.45. The van der Waals surface area contributed by atoms with Crippen LogP contribution in [0.3, 0.4) is 0 Å². The van der Waals surface area contributed by atoms with Crippen LogP contribution in [0.4, 0.5) is 0 Å². The third kappa shape index (κ3) is 3.82. The molecule has 0 radical (unpaired) electrons. The van der Waals surface area contributed by atoms with Crippen LogP contribution < -0.4 is 9.47 Å². The highest BCUT2D eigenvalue weighted by Crippen LogP contribution is 2.26. The number of rotatable bonds is 6. The smallest absolute Gasteiger partial charge is 0.161 e. The number of aromatic nitrogens is 1. The lowest BCUT2D eigenvalue weighted by Gasteiger charge is -2.07. The highest BCUT2D eigenvalue weighted by atomic mass is 16.5. The average Bonchev–Trinajstić information content (AvgIpc) is 2.52. The lowest BCUT2D eigenvalue weighted by molar-refractivity contribution is 0.355. The molecule has 0 aliphatic carbocycles. The number of hydrogen-bond donors (Lipinski definition) is 0. The Morgan fingerprint density at radius 3 is 2.65 bits per heavy atom. The molecule has 0 amide bonds. The molecule has 0 saturated carbocycles. The summed E-state index contributed by atoms with van der Waals surface area (Å²) in [6, 6.07) is 11.6. The fourth-order valence-corrected chi connectivity index (χ4v) is 1.83. The Morgan fingerprint density at radius 1 is 1.10 bits per heavy atom. The van der Waals surface area contributed by atoms with Crippen LogP contribution in [0.25, 0.3) is 0 Å². The van der Waals surface area contributed by atoms with E-state index in [9.17, 15) is 0 Å². The molecule has 0 aliphatic heterocycles. The molecule has 0 N–H and O–H groups in total. The second-order valence-electron chi connectivity index (χ2n) is 4.22. The Morgan fingerprint density at radius 2 is 1.95 bits per heavy atom. The maximum Gasteiger partial charge on any atom is 0.161 e. The maximum absolute atomic E-state index is 5.26. The van der Waals surface area contributed by atoms with E-state index in [2.05, 4.69) is 9.98 Å². The van der Waals surface area contributed by atoms with Gasteiger partial charge in [0.1, 0.15) is 0 Å². The number of nitrogens with zero attached hydrogens (tertiary/aromatic N) is 2. The zero-order valence-electron chi connectivity index (χ0n) is 11.7. The summed E-state index contributed by atoms with van der Waals surface area (Å²) in [4.78, 5) is 8.67. The van der Waals surface area contributed by atoms with Crippen LogP contribution in [0.5, 0.6) is 11.5 Å². The molecule has 0 aliphatic rings. The van der Waals surface area contributed by atoms with Crippen LogP contribution in [0, 0.1) is 0 Å². The van der Waals surface area contributed by atoms with Gasteiger partial charge in [0.2, 0.25) is 0 Å². The van der Waals surface area contributed by atoms with Crippen molar-refractivity contribution in [1.29, 1.82) is 0 Å². The highest BCUT2D eigenvalue weighted by molar-refractivity contribution is 5.80. The summed E-state index contributed by atoms with van der Waals surface area (Å²) >= 11 is 0. The number of pyridine rings is 1. The van der Waals surface area contributed by atoms with E-state index in [-0.39, 0.29) is 0 Å². The van der Waals surface area contributed by atoms with E-state index < -0.39 is 0 Å². The lowest BCUT2D eigenvalue weighted by Crippen LogP contribution is -1.94. The molecule has 1 aromatic heterocycles. The number of hydrogen-bond acceptors (Lipinski definition) is 4.